The molecule has 0 unspecified atom stereocenters. The number of amides is 2. The van der Waals surface area contributed by atoms with Crippen molar-refractivity contribution in [1.29, 1.82) is 0 Å². The van der Waals surface area contributed by atoms with E-state index >= 15 is 0 Å². The lowest BCUT2D eigenvalue weighted by molar-refractivity contribution is -0.142. The molecule has 0 spiro atoms. The molecule has 1 heterocycles. The molecule has 14 heteroatoms. The van der Waals surface area contributed by atoms with E-state index in [0.717, 1.165) is 0 Å². The molecule has 48 heavy (non-hydrogen) atoms. The number of ether oxygens (including phenoxy) is 3. The van der Waals surface area contributed by atoms with E-state index in [-0.39, 0.29) is 16.7 Å². The van der Waals surface area contributed by atoms with Gasteiger partial charge in [0.25, 0.3) is 0 Å². The molecule has 0 saturated carbocycles. The van der Waals surface area contributed by atoms with E-state index in [1.807, 2.05) is 13.0 Å². The summed E-state index contributed by atoms with van der Waals surface area (Å²) in [5, 5.41) is 5.13. The number of carbonyl (C=O) groups excluding carboxylic acids is 4. The van der Waals surface area contributed by atoms with Crippen LogP contribution in [0.5, 0.6) is 11.5 Å². The maximum atomic E-state index is 14.1. The van der Waals surface area contributed by atoms with Crippen LogP contribution >= 0.6 is 11.8 Å². The third-order valence-electron chi connectivity index (χ3n) is 8.94. The van der Waals surface area contributed by atoms with Gasteiger partial charge in [-0.25, -0.2) is 9.59 Å². The van der Waals surface area contributed by atoms with Gasteiger partial charge in [-0.1, -0.05) is 41.5 Å². The fraction of sp³-hybridized carbons (Fsp3) is 0.706. The molecule has 1 aliphatic rings. The van der Waals surface area contributed by atoms with Gasteiger partial charge in [-0.05, 0) is 64.0 Å². The second kappa shape index (κ2) is 15.4. The van der Waals surface area contributed by atoms with Crippen molar-refractivity contribution in [3.8, 4) is 11.5 Å². The van der Waals surface area contributed by atoms with Gasteiger partial charge >= 0.3 is 18.0 Å². The van der Waals surface area contributed by atoms with E-state index in [0.29, 0.717) is 39.7 Å². The molecule has 1 aromatic carbocycles. The molecule has 2 N–H and O–H groups in total. The molecule has 1 aromatic rings. The average molecular weight is 727 g/mol. The van der Waals surface area contributed by atoms with Crippen molar-refractivity contribution in [3.63, 3.8) is 0 Å². The quantitative estimate of drug-likeness (QED) is 0.170. The van der Waals surface area contributed by atoms with Gasteiger partial charge in [0, 0.05) is 35.6 Å². The van der Waals surface area contributed by atoms with Crippen LogP contribution in [0.25, 0.3) is 0 Å². The van der Waals surface area contributed by atoms with Gasteiger partial charge in [0.2, 0.25) is 22.5 Å². The second-order valence-electron chi connectivity index (χ2n) is 16.4. The number of benzene rings is 1. The first-order valence-corrected chi connectivity index (χ1v) is 23.3. The first kappa shape index (κ1) is 41.5. The fourth-order valence-corrected chi connectivity index (χ4v) is 7.26. The second-order valence-corrected chi connectivity index (χ2v) is 26.9. The molecule has 0 saturated heterocycles. The van der Waals surface area contributed by atoms with E-state index in [2.05, 4.69) is 78.4 Å². The normalized spacial score (nSPS) is 18.6. The summed E-state index contributed by atoms with van der Waals surface area (Å²) in [6.45, 7) is 29.2. The van der Waals surface area contributed by atoms with Crippen molar-refractivity contribution in [3.05, 3.63) is 22.8 Å². The van der Waals surface area contributed by atoms with E-state index in [4.69, 9.17) is 23.1 Å². The Hall–Kier alpha value is -2.72. The van der Waals surface area contributed by atoms with E-state index < -0.39 is 64.9 Å². The summed E-state index contributed by atoms with van der Waals surface area (Å²) in [5.41, 5.74) is 0.747. The Morgan fingerprint density at radius 3 is 2.00 bits per heavy atom. The van der Waals surface area contributed by atoms with Crippen molar-refractivity contribution >= 4 is 52.3 Å². The van der Waals surface area contributed by atoms with Gasteiger partial charge in [-0.3, -0.25) is 9.59 Å². The number of cyclic esters (lactones) is 1. The standard InChI is InChI=1S/C34H58N2O9SSi2/c1-21-26(44-47(12,13)33(6,7)8)16-27(45-48(14,15)34(9,10)11)24-20-46-19-23(17-41-22(2)37)35-29(38)25(18-42-30(39)28(21)24)36-31(40)43-32(3,4)5/h16,23,25H,17-20H2,1-15H3,(H,35,38)(H,36,40)/t23-,25+/m1/s1. The highest BCUT2D eigenvalue weighted by Crippen LogP contribution is 2.45. The monoisotopic (exact) mass is 726 g/mol. The third kappa shape index (κ3) is 11.4. The van der Waals surface area contributed by atoms with Crippen LogP contribution in [0.15, 0.2) is 6.07 Å². The number of alkyl carbamates (subject to hydrolysis) is 1. The Morgan fingerprint density at radius 2 is 1.50 bits per heavy atom. The van der Waals surface area contributed by atoms with Gasteiger partial charge < -0.3 is 33.7 Å². The van der Waals surface area contributed by atoms with Crippen LogP contribution in [0.4, 0.5) is 4.79 Å². The van der Waals surface area contributed by atoms with E-state index in [1.165, 1.54) is 18.7 Å². The minimum absolute atomic E-state index is 0.0779. The lowest BCUT2D eigenvalue weighted by Gasteiger charge is -2.39. The molecular formula is C34H58N2O9SSi2. The molecule has 2 amide bonds. The number of hydrogen-bond donors (Lipinski definition) is 2. The van der Waals surface area contributed by atoms with Crippen molar-refractivity contribution < 1.29 is 42.2 Å². The highest BCUT2D eigenvalue weighted by Gasteiger charge is 2.42. The summed E-state index contributed by atoms with van der Waals surface area (Å²) >= 11 is 1.45. The maximum absolute atomic E-state index is 14.1. The Labute approximate surface area is 293 Å². The number of fused-ring (bicyclic) bond motifs is 1. The van der Waals surface area contributed by atoms with Crippen molar-refractivity contribution in [1.82, 2.24) is 10.6 Å². The SMILES string of the molecule is CC(=O)OC[C@@H]1CSCc2c(O[Si](C)(C)C(C)(C)C)cc(O[Si](C)(C)C(C)(C)C)c(C)c2C(=O)OC[C@H](NC(=O)OC(C)(C)C)C(=O)N1. The third-order valence-corrected chi connectivity index (χ3v) is 18.8. The Morgan fingerprint density at radius 1 is 0.958 bits per heavy atom. The molecule has 272 valence electrons. The Balaban J connectivity index is 2.77. The van der Waals surface area contributed by atoms with Crippen LogP contribution in [-0.2, 0) is 29.6 Å². The largest absolute Gasteiger partial charge is 0.543 e. The molecule has 0 fully saturated rings. The predicted octanol–water partition coefficient (Wildman–Crippen LogP) is 7.11. The van der Waals surface area contributed by atoms with Crippen LogP contribution in [0.3, 0.4) is 0 Å². The van der Waals surface area contributed by atoms with E-state index in [1.54, 1.807) is 20.8 Å². The zero-order valence-electron chi connectivity index (χ0n) is 31.6. The highest BCUT2D eigenvalue weighted by atomic mass is 32.2. The summed E-state index contributed by atoms with van der Waals surface area (Å²) in [4.78, 5) is 52.0. The van der Waals surface area contributed by atoms with Gasteiger partial charge in [0.05, 0.1) is 11.6 Å². The van der Waals surface area contributed by atoms with Crippen molar-refractivity contribution in [2.75, 3.05) is 19.0 Å². The topological polar surface area (TPSA) is 138 Å². The maximum Gasteiger partial charge on any atom is 0.408 e. The smallest absolute Gasteiger partial charge is 0.408 e. The minimum atomic E-state index is -2.41. The zero-order valence-corrected chi connectivity index (χ0v) is 34.5. The van der Waals surface area contributed by atoms with E-state index in [9.17, 15) is 19.2 Å². The Kier molecular flexibility index (Phi) is 13.3. The highest BCUT2D eigenvalue weighted by molar-refractivity contribution is 7.98. The zero-order chi connectivity index (χ0) is 37.0. The summed E-state index contributed by atoms with van der Waals surface area (Å²) in [6.07, 6.45) is -0.844. The number of thioether (sulfide) groups is 1. The summed E-state index contributed by atoms with van der Waals surface area (Å²) in [5.74, 6) is 0.0387. The lowest BCUT2D eigenvalue weighted by Crippen LogP contribution is -2.54. The summed E-state index contributed by atoms with van der Waals surface area (Å²) in [7, 11) is -4.77. The molecule has 2 atom stereocenters. The molecule has 0 radical (unpaired) electrons. The van der Waals surface area contributed by atoms with Crippen LogP contribution in [0.1, 0.15) is 90.7 Å². The van der Waals surface area contributed by atoms with Gasteiger partial charge in [0.1, 0.15) is 36.4 Å². The van der Waals surface area contributed by atoms with Gasteiger partial charge in [-0.2, -0.15) is 11.8 Å². The molecule has 0 bridgehead atoms. The van der Waals surface area contributed by atoms with Crippen LogP contribution in [0.2, 0.25) is 36.3 Å². The minimum Gasteiger partial charge on any atom is -0.543 e. The molecule has 2 rings (SSSR count). The molecule has 0 aliphatic carbocycles. The number of hydrogen-bond acceptors (Lipinski definition) is 10. The number of rotatable bonds is 7. The summed E-state index contributed by atoms with van der Waals surface area (Å²) < 4.78 is 30.2. The predicted molar refractivity (Wildman–Crippen MR) is 195 cm³/mol. The number of esters is 2. The molecule has 11 nitrogen and oxygen atoms in total. The summed E-state index contributed by atoms with van der Waals surface area (Å²) in [6, 6.07) is 0.0335. The lowest BCUT2D eigenvalue weighted by atomic mass is 10.0. The first-order chi connectivity index (χ1) is 21.6. The van der Waals surface area contributed by atoms with Crippen LogP contribution in [-0.4, -0.2) is 77.2 Å². The number of nitrogens with one attached hydrogen (secondary N) is 2. The van der Waals surface area contributed by atoms with Gasteiger partial charge in [0.15, 0.2) is 0 Å². The molecule has 0 aromatic heterocycles. The van der Waals surface area contributed by atoms with Crippen molar-refractivity contribution in [2.45, 2.75) is 136 Å². The van der Waals surface area contributed by atoms with Crippen LogP contribution < -0.4 is 19.5 Å². The average Bonchev–Trinajstić information content (AvgIpc) is 2.88. The number of carbonyl (C=O) groups is 4. The van der Waals surface area contributed by atoms with Gasteiger partial charge in [-0.15, -0.1) is 0 Å². The first-order valence-electron chi connectivity index (χ1n) is 16.4. The molecular weight excluding hydrogens is 669 g/mol. The van der Waals surface area contributed by atoms with Crippen LogP contribution in [0, 0.1) is 6.92 Å². The fourth-order valence-electron chi connectivity index (χ4n) is 4.08. The van der Waals surface area contributed by atoms with Crippen molar-refractivity contribution in [2.24, 2.45) is 0 Å². The molecule has 1 aliphatic heterocycles. The Bertz CT molecular complexity index is 1360.